The van der Waals surface area contributed by atoms with Gasteiger partial charge in [-0.2, -0.15) is 4.99 Å². The topological polar surface area (TPSA) is 113 Å². The zero-order valence-electron chi connectivity index (χ0n) is 14.3. The lowest BCUT2D eigenvalue weighted by molar-refractivity contribution is -0.143. The average molecular weight is 416 g/mol. The maximum atomic E-state index is 14.0. The van der Waals surface area contributed by atoms with Gasteiger partial charge in [-0.15, -0.1) is 0 Å². The SMILES string of the molecule is Cc1ccc(N2C(=NC(=O)COCC(=O)O)S[C@@H]3CS(=O)(=O)C[C@@H]32)cc1F. The van der Waals surface area contributed by atoms with Crippen LogP contribution >= 0.6 is 11.8 Å². The normalized spacial score (nSPS) is 25.0. The molecule has 0 bridgehead atoms. The number of fused-ring (bicyclic) bond motifs is 1. The lowest BCUT2D eigenvalue weighted by atomic mass is 10.1. The third-order valence-electron chi connectivity index (χ3n) is 4.17. The number of sulfone groups is 1. The van der Waals surface area contributed by atoms with Gasteiger partial charge in [-0.05, 0) is 24.6 Å². The molecule has 1 amide bonds. The number of carbonyl (C=O) groups excluding carboxylic acids is 1. The van der Waals surface area contributed by atoms with Crippen LogP contribution in [0.3, 0.4) is 0 Å². The Bertz CT molecular complexity index is 917. The van der Waals surface area contributed by atoms with Crippen molar-refractivity contribution < 1.29 is 32.2 Å². The molecular formula is C16H17FN2O6S2. The average Bonchev–Trinajstić information content (AvgIpc) is 3.00. The molecular weight excluding hydrogens is 399 g/mol. The van der Waals surface area contributed by atoms with Crippen LogP contribution < -0.4 is 4.90 Å². The zero-order chi connectivity index (χ0) is 19.8. The van der Waals surface area contributed by atoms with Crippen LogP contribution in [0.1, 0.15) is 5.56 Å². The lowest BCUT2D eigenvalue weighted by Crippen LogP contribution is -2.38. The number of carboxylic acids is 1. The van der Waals surface area contributed by atoms with Gasteiger partial charge in [0.1, 0.15) is 19.0 Å². The summed E-state index contributed by atoms with van der Waals surface area (Å²) in [4.78, 5) is 27.9. The predicted octanol–water partition coefficient (Wildman–Crippen LogP) is 0.837. The number of ether oxygens (including phenoxy) is 1. The third kappa shape index (κ3) is 4.47. The summed E-state index contributed by atoms with van der Waals surface area (Å²) in [5, 5.41) is 8.47. The molecule has 2 atom stereocenters. The Morgan fingerprint density at radius 2 is 2.11 bits per heavy atom. The van der Waals surface area contributed by atoms with E-state index in [1.807, 2.05) is 0 Å². The van der Waals surface area contributed by atoms with Crippen molar-refractivity contribution in [2.24, 2.45) is 4.99 Å². The van der Waals surface area contributed by atoms with Gasteiger partial charge in [0.25, 0.3) is 5.91 Å². The quantitative estimate of drug-likeness (QED) is 0.751. The van der Waals surface area contributed by atoms with E-state index in [9.17, 15) is 22.4 Å². The number of hydrogen-bond donors (Lipinski definition) is 1. The number of aliphatic carboxylic acids is 1. The molecule has 2 aliphatic rings. The fourth-order valence-corrected chi connectivity index (χ4v) is 6.89. The van der Waals surface area contributed by atoms with E-state index in [1.165, 1.54) is 6.07 Å². The summed E-state index contributed by atoms with van der Waals surface area (Å²) < 4.78 is 42.7. The monoisotopic (exact) mass is 416 g/mol. The standard InChI is InChI=1S/C16H17FN2O6S2/c1-9-2-3-10(4-11(9)17)19-12-7-27(23,24)8-13(12)26-16(19)18-14(20)5-25-6-15(21)22/h2-4,12-13H,5-8H2,1H3,(H,21,22)/t12-,13+/m0/s1. The zero-order valence-corrected chi connectivity index (χ0v) is 15.9. The Morgan fingerprint density at radius 1 is 1.37 bits per heavy atom. The van der Waals surface area contributed by atoms with Crippen LogP contribution in [0, 0.1) is 12.7 Å². The number of nitrogens with zero attached hydrogens (tertiary/aromatic N) is 2. The molecule has 1 N–H and O–H groups in total. The van der Waals surface area contributed by atoms with E-state index < -0.39 is 46.8 Å². The first-order chi connectivity index (χ1) is 12.7. The van der Waals surface area contributed by atoms with Crippen molar-refractivity contribution in [2.45, 2.75) is 18.2 Å². The predicted molar refractivity (Wildman–Crippen MR) is 98.3 cm³/mol. The summed E-state index contributed by atoms with van der Waals surface area (Å²) in [6, 6.07) is 4.05. The molecule has 2 heterocycles. The Morgan fingerprint density at radius 3 is 2.78 bits per heavy atom. The second kappa shape index (κ2) is 7.56. The fourth-order valence-electron chi connectivity index (χ4n) is 2.96. The van der Waals surface area contributed by atoms with Crippen molar-refractivity contribution in [1.29, 1.82) is 0 Å². The molecule has 2 fully saturated rings. The minimum absolute atomic E-state index is 0.0457. The van der Waals surface area contributed by atoms with Crippen LogP contribution in [-0.4, -0.2) is 66.6 Å². The van der Waals surface area contributed by atoms with Crippen LogP contribution in [0.2, 0.25) is 0 Å². The first-order valence-corrected chi connectivity index (χ1v) is 10.7. The van der Waals surface area contributed by atoms with Gasteiger partial charge in [0.05, 0.1) is 17.5 Å². The molecule has 2 saturated heterocycles. The summed E-state index contributed by atoms with van der Waals surface area (Å²) in [6.07, 6.45) is 0. The highest BCUT2D eigenvalue weighted by atomic mass is 32.2. The number of thioether (sulfide) groups is 1. The summed E-state index contributed by atoms with van der Waals surface area (Å²) in [5.41, 5.74) is 0.853. The molecule has 0 spiro atoms. The Labute approximate surface area is 159 Å². The molecule has 2 aliphatic heterocycles. The molecule has 27 heavy (non-hydrogen) atoms. The summed E-state index contributed by atoms with van der Waals surface area (Å²) in [6.45, 7) is 0.471. The second-order valence-electron chi connectivity index (χ2n) is 6.28. The first kappa shape index (κ1) is 19.8. The number of anilines is 1. The van der Waals surface area contributed by atoms with Crippen molar-refractivity contribution in [3.8, 4) is 0 Å². The molecule has 1 aromatic carbocycles. The van der Waals surface area contributed by atoms with Crippen molar-refractivity contribution in [2.75, 3.05) is 29.6 Å². The number of carboxylic acid groups (broad SMARTS) is 1. The molecule has 3 rings (SSSR count). The smallest absolute Gasteiger partial charge is 0.329 e. The Hall–Kier alpha value is -1.98. The van der Waals surface area contributed by atoms with Crippen LogP contribution in [0.25, 0.3) is 0 Å². The van der Waals surface area contributed by atoms with E-state index in [2.05, 4.69) is 4.99 Å². The Balaban J connectivity index is 1.88. The van der Waals surface area contributed by atoms with Gasteiger partial charge < -0.3 is 14.7 Å². The lowest BCUT2D eigenvalue weighted by Gasteiger charge is -2.24. The highest BCUT2D eigenvalue weighted by Crippen LogP contribution is 2.41. The number of rotatable bonds is 5. The van der Waals surface area contributed by atoms with Crippen LogP contribution in [0.5, 0.6) is 0 Å². The minimum Gasteiger partial charge on any atom is -0.480 e. The van der Waals surface area contributed by atoms with Crippen LogP contribution in [-0.2, 0) is 24.2 Å². The fraction of sp³-hybridized carbons (Fsp3) is 0.438. The molecule has 0 aromatic heterocycles. The number of aliphatic imine (C=N–C) groups is 1. The maximum absolute atomic E-state index is 14.0. The van der Waals surface area contributed by atoms with Crippen molar-refractivity contribution >= 4 is 44.3 Å². The Kier molecular flexibility index (Phi) is 5.54. The van der Waals surface area contributed by atoms with Crippen molar-refractivity contribution in [3.05, 3.63) is 29.6 Å². The van der Waals surface area contributed by atoms with E-state index in [4.69, 9.17) is 9.84 Å². The van der Waals surface area contributed by atoms with E-state index in [1.54, 1.807) is 24.0 Å². The van der Waals surface area contributed by atoms with E-state index in [-0.39, 0.29) is 21.9 Å². The number of amides is 1. The number of benzene rings is 1. The summed E-state index contributed by atoms with van der Waals surface area (Å²) >= 11 is 1.15. The highest BCUT2D eigenvalue weighted by Gasteiger charge is 2.49. The highest BCUT2D eigenvalue weighted by molar-refractivity contribution is 8.16. The van der Waals surface area contributed by atoms with Gasteiger partial charge in [-0.25, -0.2) is 17.6 Å². The van der Waals surface area contributed by atoms with E-state index in [0.717, 1.165) is 11.8 Å². The molecule has 146 valence electrons. The van der Waals surface area contributed by atoms with Crippen molar-refractivity contribution in [1.82, 2.24) is 0 Å². The third-order valence-corrected chi connectivity index (χ3v) is 7.38. The van der Waals surface area contributed by atoms with Crippen molar-refractivity contribution in [3.63, 3.8) is 0 Å². The van der Waals surface area contributed by atoms with E-state index >= 15 is 0 Å². The van der Waals surface area contributed by atoms with Gasteiger partial charge in [0.15, 0.2) is 15.0 Å². The number of halogens is 1. The molecule has 0 unspecified atom stereocenters. The largest absolute Gasteiger partial charge is 0.480 e. The molecule has 1 aromatic rings. The summed E-state index contributed by atoms with van der Waals surface area (Å²) in [5.74, 6) is -2.50. The van der Waals surface area contributed by atoms with Crippen LogP contribution in [0.4, 0.5) is 10.1 Å². The molecule has 8 nitrogen and oxygen atoms in total. The number of hydrogen-bond acceptors (Lipinski definition) is 6. The van der Waals surface area contributed by atoms with E-state index in [0.29, 0.717) is 11.3 Å². The summed E-state index contributed by atoms with van der Waals surface area (Å²) in [7, 11) is -3.23. The minimum atomic E-state index is -3.23. The van der Waals surface area contributed by atoms with Gasteiger partial charge in [0, 0.05) is 10.9 Å². The molecule has 0 aliphatic carbocycles. The van der Waals surface area contributed by atoms with Gasteiger partial charge in [-0.1, -0.05) is 17.8 Å². The maximum Gasteiger partial charge on any atom is 0.329 e. The van der Waals surface area contributed by atoms with Gasteiger partial charge in [0.2, 0.25) is 0 Å². The number of aryl methyl sites for hydroxylation is 1. The second-order valence-corrected chi connectivity index (χ2v) is 9.64. The molecule has 0 saturated carbocycles. The van der Waals surface area contributed by atoms with Gasteiger partial charge >= 0.3 is 5.97 Å². The van der Waals surface area contributed by atoms with Gasteiger partial charge in [-0.3, -0.25) is 4.79 Å². The van der Waals surface area contributed by atoms with Crippen LogP contribution in [0.15, 0.2) is 23.2 Å². The first-order valence-electron chi connectivity index (χ1n) is 8.00. The molecule has 0 radical (unpaired) electrons. The number of carbonyl (C=O) groups is 2. The molecule has 11 heteroatoms. The number of amidine groups is 1.